The molecule has 1 aromatic carbocycles. The molecule has 2 aliphatic heterocycles. The highest BCUT2D eigenvalue weighted by molar-refractivity contribution is 7.90. The van der Waals surface area contributed by atoms with Gasteiger partial charge in [0.05, 0.1) is 6.61 Å². The van der Waals surface area contributed by atoms with E-state index in [1.807, 2.05) is 17.0 Å². The quantitative estimate of drug-likeness (QED) is 0.841. The molecule has 6 nitrogen and oxygen atoms in total. The number of β-amino-alcohol motifs (C(OH)–C–C–N with tert-alkyl or cyclic N) is 1. The number of hydrogen-bond donors (Lipinski definition) is 1. The monoisotopic (exact) mass is 309 g/mol. The minimum absolute atomic E-state index is 0.151. The summed E-state index contributed by atoms with van der Waals surface area (Å²) in [5.41, 5.74) is 0.702. The fourth-order valence-electron chi connectivity index (χ4n) is 2.86. The third kappa shape index (κ3) is 2.81. The van der Waals surface area contributed by atoms with E-state index in [0.717, 1.165) is 32.6 Å². The van der Waals surface area contributed by atoms with Crippen molar-refractivity contribution in [2.75, 3.05) is 39.3 Å². The van der Waals surface area contributed by atoms with Crippen LogP contribution in [0.2, 0.25) is 0 Å². The average molecular weight is 309 g/mol. The molecule has 0 bridgehead atoms. The standard InChI is InChI=1S/C14H19N3O3S/c18-11-10-16-6-3-7-17(9-8-16)14-12-4-1-2-5-13(12)21(19,20)15-14/h1-2,4-5,18H,3,6-11H2. The molecule has 3 rings (SSSR count). The summed E-state index contributed by atoms with van der Waals surface area (Å²) in [7, 11) is -3.55. The van der Waals surface area contributed by atoms with E-state index in [0.29, 0.717) is 22.8 Å². The highest BCUT2D eigenvalue weighted by Crippen LogP contribution is 2.27. The largest absolute Gasteiger partial charge is 0.395 e. The van der Waals surface area contributed by atoms with Crippen molar-refractivity contribution in [3.05, 3.63) is 29.8 Å². The Morgan fingerprint density at radius 1 is 1.14 bits per heavy atom. The zero-order valence-corrected chi connectivity index (χ0v) is 12.6. The Morgan fingerprint density at radius 3 is 2.76 bits per heavy atom. The lowest BCUT2D eigenvalue weighted by Crippen LogP contribution is -2.35. The lowest BCUT2D eigenvalue weighted by molar-refractivity contribution is 0.202. The van der Waals surface area contributed by atoms with Crippen LogP contribution in [0.25, 0.3) is 0 Å². The van der Waals surface area contributed by atoms with E-state index >= 15 is 0 Å². The van der Waals surface area contributed by atoms with Gasteiger partial charge >= 0.3 is 0 Å². The molecular weight excluding hydrogens is 290 g/mol. The molecular formula is C14H19N3O3S. The predicted molar refractivity (Wildman–Crippen MR) is 79.9 cm³/mol. The molecule has 0 saturated carbocycles. The normalized spacial score (nSPS) is 21.8. The van der Waals surface area contributed by atoms with Gasteiger partial charge in [-0.3, -0.25) is 4.90 Å². The number of amidine groups is 1. The van der Waals surface area contributed by atoms with Gasteiger partial charge in [0, 0.05) is 31.7 Å². The summed E-state index contributed by atoms with van der Waals surface area (Å²) in [4.78, 5) is 4.54. The molecule has 1 N–H and O–H groups in total. The number of aliphatic hydroxyl groups excluding tert-OH is 1. The van der Waals surface area contributed by atoms with Crippen LogP contribution >= 0.6 is 0 Å². The van der Waals surface area contributed by atoms with E-state index in [-0.39, 0.29) is 6.61 Å². The second kappa shape index (κ2) is 5.75. The molecule has 0 radical (unpaired) electrons. The van der Waals surface area contributed by atoms with Crippen LogP contribution in [0.1, 0.15) is 12.0 Å². The van der Waals surface area contributed by atoms with Gasteiger partial charge in [-0.25, -0.2) is 0 Å². The molecule has 114 valence electrons. The summed E-state index contributed by atoms with van der Waals surface area (Å²) in [6.07, 6.45) is 0.932. The van der Waals surface area contributed by atoms with Crippen LogP contribution in [-0.2, 0) is 10.0 Å². The van der Waals surface area contributed by atoms with Crippen LogP contribution in [-0.4, -0.2) is 68.5 Å². The molecule has 1 saturated heterocycles. The lowest BCUT2D eigenvalue weighted by atomic mass is 10.2. The van der Waals surface area contributed by atoms with Crippen LogP contribution in [0.4, 0.5) is 0 Å². The molecule has 0 unspecified atom stereocenters. The Labute approximate surface area is 124 Å². The highest BCUT2D eigenvalue weighted by atomic mass is 32.2. The predicted octanol–water partition coefficient (Wildman–Crippen LogP) is 0.136. The third-order valence-corrected chi connectivity index (χ3v) is 5.24. The van der Waals surface area contributed by atoms with E-state index in [4.69, 9.17) is 5.11 Å². The van der Waals surface area contributed by atoms with E-state index in [9.17, 15) is 8.42 Å². The van der Waals surface area contributed by atoms with Crippen LogP contribution in [0.3, 0.4) is 0 Å². The molecule has 1 aromatic rings. The van der Waals surface area contributed by atoms with E-state index in [1.165, 1.54) is 0 Å². The molecule has 0 aliphatic carbocycles. The summed E-state index contributed by atoms with van der Waals surface area (Å²) in [6, 6.07) is 6.98. The van der Waals surface area contributed by atoms with Gasteiger partial charge in [0.15, 0.2) is 5.84 Å². The van der Waals surface area contributed by atoms with Gasteiger partial charge in [0.2, 0.25) is 0 Å². The number of aliphatic hydroxyl groups is 1. The maximum absolute atomic E-state index is 12.1. The van der Waals surface area contributed by atoms with E-state index in [2.05, 4.69) is 9.30 Å². The van der Waals surface area contributed by atoms with Crippen LogP contribution in [0, 0.1) is 0 Å². The summed E-state index contributed by atoms with van der Waals surface area (Å²) < 4.78 is 28.2. The summed E-state index contributed by atoms with van der Waals surface area (Å²) in [6.45, 7) is 4.04. The second-order valence-electron chi connectivity index (χ2n) is 5.29. The first-order valence-electron chi connectivity index (χ1n) is 7.14. The first-order chi connectivity index (χ1) is 10.1. The first kappa shape index (κ1) is 14.5. The van der Waals surface area contributed by atoms with Crippen molar-refractivity contribution in [3.63, 3.8) is 0 Å². The van der Waals surface area contributed by atoms with Gasteiger partial charge < -0.3 is 10.0 Å². The lowest BCUT2D eigenvalue weighted by Gasteiger charge is -2.23. The Hall–Kier alpha value is -1.44. The van der Waals surface area contributed by atoms with Gasteiger partial charge in [-0.1, -0.05) is 12.1 Å². The molecule has 2 heterocycles. The fraction of sp³-hybridized carbons (Fsp3) is 0.500. The SMILES string of the molecule is O=S1(=O)N=C(N2CCCN(CCO)CC2)c2ccccc21. The van der Waals surface area contributed by atoms with Crippen LogP contribution < -0.4 is 0 Å². The summed E-state index contributed by atoms with van der Waals surface area (Å²) in [5.74, 6) is 0.566. The van der Waals surface area contributed by atoms with Gasteiger partial charge in [-0.15, -0.1) is 4.40 Å². The van der Waals surface area contributed by atoms with Crippen molar-refractivity contribution in [2.45, 2.75) is 11.3 Å². The number of benzene rings is 1. The van der Waals surface area contributed by atoms with E-state index in [1.54, 1.807) is 12.1 Å². The smallest absolute Gasteiger partial charge is 0.285 e. The number of fused-ring (bicyclic) bond motifs is 1. The highest BCUT2D eigenvalue weighted by Gasteiger charge is 2.32. The van der Waals surface area contributed by atoms with E-state index < -0.39 is 10.0 Å². The maximum atomic E-state index is 12.1. The second-order valence-corrected chi connectivity index (χ2v) is 6.86. The average Bonchev–Trinajstić information content (AvgIpc) is 2.64. The fourth-order valence-corrected chi connectivity index (χ4v) is 4.09. The van der Waals surface area contributed by atoms with Crippen molar-refractivity contribution in [1.82, 2.24) is 9.80 Å². The minimum Gasteiger partial charge on any atom is -0.395 e. The Balaban J connectivity index is 1.85. The summed E-state index contributed by atoms with van der Waals surface area (Å²) >= 11 is 0. The number of hydrogen-bond acceptors (Lipinski definition) is 5. The zero-order chi connectivity index (χ0) is 14.9. The van der Waals surface area contributed by atoms with Crippen LogP contribution in [0.15, 0.2) is 33.6 Å². The maximum Gasteiger partial charge on any atom is 0.285 e. The third-order valence-electron chi connectivity index (χ3n) is 3.92. The first-order valence-corrected chi connectivity index (χ1v) is 8.58. The molecule has 0 amide bonds. The van der Waals surface area contributed by atoms with Gasteiger partial charge in [-0.05, 0) is 25.1 Å². The molecule has 0 aromatic heterocycles. The van der Waals surface area contributed by atoms with Crippen molar-refractivity contribution in [3.8, 4) is 0 Å². The van der Waals surface area contributed by atoms with Crippen molar-refractivity contribution < 1.29 is 13.5 Å². The van der Waals surface area contributed by atoms with Crippen molar-refractivity contribution in [1.29, 1.82) is 0 Å². The number of sulfonamides is 1. The molecule has 7 heteroatoms. The Morgan fingerprint density at radius 2 is 1.95 bits per heavy atom. The molecule has 0 atom stereocenters. The van der Waals surface area contributed by atoms with Crippen molar-refractivity contribution in [2.24, 2.45) is 4.40 Å². The minimum atomic E-state index is -3.55. The Bertz CT molecular complexity index is 657. The molecule has 2 aliphatic rings. The summed E-state index contributed by atoms with van der Waals surface area (Å²) in [5, 5.41) is 9.03. The molecule has 1 fully saturated rings. The van der Waals surface area contributed by atoms with Gasteiger partial charge in [-0.2, -0.15) is 8.42 Å². The molecule has 0 spiro atoms. The Kier molecular flexibility index (Phi) is 3.97. The number of rotatable bonds is 2. The molecule has 21 heavy (non-hydrogen) atoms. The number of nitrogens with zero attached hydrogens (tertiary/aromatic N) is 3. The van der Waals surface area contributed by atoms with Crippen LogP contribution in [0.5, 0.6) is 0 Å². The van der Waals surface area contributed by atoms with Gasteiger partial charge in [0.1, 0.15) is 4.90 Å². The van der Waals surface area contributed by atoms with Gasteiger partial charge in [0.25, 0.3) is 10.0 Å². The van der Waals surface area contributed by atoms with Crippen molar-refractivity contribution >= 4 is 15.9 Å². The zero-order valence-electron chi connectivity index (χ0n) is 11.8. The topological polar surface area (TPSA) is 73.2 Å².